The van der Waals surface area contributed by atoms with Crippen LogP contribution in [-0.4, -0.2) is 82.4 Å². The molecule has 3 aromatic rings. The van der Waals surface area contributed by atoms with E-state index in [1.165, 1.54) is 0 Å². The molecule has 228 valence electrons. The van der Waals surface area contributed by atoms with E-state index in [0.29, 0.717) is 12.6 Å². The minimum absolute atomic E-state index is 0.0684. The maximum atomic E-state index is 12.8. The van der Waals surface area contributed by atoms with Crippen LogP contribution >= 0.6 is 6.89 Å². The number of aliphatic hydroxyl groups is 2. The summed E-state index contributed by atoms with van der Waals surface area (Å²) in [6.45, 7) is 3.66. The molecule has 5 rings (SSSR count). The van der Waals surface area contributed by atoms with Crippen molar-refractivity contribution in [1.82, 2.24) is 9.55 Å². The highest BCUT2D eigenvalue weighted by Crippen LogP contribution is 2.44. The molecule has 3 N–H and O–H groups in total. The normalized spacial score (nSPS) is 22.1. The zero-order valence-electron chi connectivity index (χ0n) is 24.1. The Bertz CT molecular complexity index is 1660. The van der Waals surface area contributed by atoms with Gasteiger partial charge in [-0.25, -0.2) is 9.59 Å². The van der Waals surface area contributed by atoms with Crippen LogP contribution in [0.3, 0.4) is 0 Å². The van der Waals surface area contributed by atoms with Crippen molar-refractivity contribution >= 4 is 25.1 Å². The first-order valence-corrected chi connectivity index (χ1v) is 17.0. The van der Waals surface area contributed by atoms with E-state index in [1.807, 2.05) is 61.9 Å². The summed E-state index contributed by atoms with van der Waals surface area (Å²) in [5, 5.41) is 21.3. The van der Waals surface area contributed by atoms with Crippen LogP contribution in [0, 0.1) is 0 Å². The van der Waals surface area contributed by atoms with E-state index in [2.05, 4.69) is 11.3 Å². The molecule has 43 heavy (non-hydrogen) atoms. The van der Waals surface area contributed by atoms with Crippen molar-refractivity contribution in [2.24, 2.45) is 0 Å². The maximum Gasteiger partial charge on any atom is 0.509 e. The summed E-state index contributed by atoms with van der Waals surface area (Å²) in [6, 6.07) is 15.6. The number of aliphatic hydroxyl groups excluding tert-OH is 2. The molecule has 1 aliphatic heterocycles. The molecule has 0 radical (unpaired) electrons. The van der Waals surface area contributed by atoms with Gasteiger partial charge in [-0.2, -0.15) is 0 Å². The first-order chi connectivity index (χ1) is 20.4. The molecule has 5 atom stereocenters. The summed E-state index contributed by atoms with van der Waals surface area (Å²) in [5.74, 6) is -0.950. The summed E-state index contributed by atoms with van der Waals surface area (Å²) in [4.78, 5) is 53.0. The Morgan fingerprint density at radius 2 is 1.65 bits per heavy atom. The van der Waals surface area contributed by atoms with Crippen molar-refractivity contribution in [3.8, 4) is 11.1 Å². The number of aromatic amines is 1. The standard InChI is InChI=1S/C31H35N2O9P/c1-17(34)27(42-31(39)40-16-23-20-11-7-5-9-18(20)19-10-6-8-12-21(19)23)22-15-33(30(38)32-28(22)37)29-26(36)25(35)24(41-29)13-14-43(2,3)4/h5-12,15,23-27,29,35-36H,2,13-14,16H2,1,3-4H3,(H,32,37,38)/t24?,25-,26-,27?,29-/m1/s1. The van der Waals surface area contributed by atoms with E-state index in [9.17, 15) is 29.4 Å². The number of nitrogens with zero attached hydrogens (tertiary/aromatic N) is 1. The monoisotopic (exact) mass is 610 g/mol. The number of ether oxygens (including phenoxy) is 3. The van der Waals surface area contributed by atoms with Gasteiger partial charge in [0, 0.05) is 12.1 Å². The number of hydrogen-bond acceptors (Lipinski definition) is 9. The minimum atomic E-state index is -1.71. The second-order valence-corrected chi connectivity index (χ2v) is 16.0. The van der Waals surface area contributed by atoms with Gasteiger partial charge < -0.3 is 24.4 Å². The van der Waals surface area contributed by atoms with Crippen LogP contribution in [0.25, 0.3) is 11.1 Å². The predicted molar refractivity (Wildman–Crippen MR) is 162 cm³/mol. The molecule has 2 aliphatic rings. The molecule has 11 nitrogen and oxygen atoms in total. The fraction of sp³-hybridized carbons (Fsp3) is 0.387. The average molecular weight is 611 g/mol. The lowest BCUT2D eigenvalue weighted by Gasteiger charge is -2.21. The molecule has 2 aromatic carbocycles. The summed E-state index contributed by atoms with van der Waals surface area (Å²) in [6.07, 6.45) is -1.56. The van der Waals surface area contributed by atoms with Crippen molar-refractivity contribution in [3.05, 3.63) is 92.3 Å². The smallest absolute Gasteiger partial charge is 0.433 e. The number of benzene rings is 2. The molecule has 1 saturated heterocycles. The quantitative estimate of drug-likeness (QED) is 0.245. The summed E-state index contributed by atoms with van der Waals surface area (Å²) in [7, 11) is 0. The Morgan fingerprint density at radius 1 is 1.05 bits per heavy atom. The van der Waals surface area contributed by atoms with E-state index in [-0.39, 0.29) is 18.1 Å². The van der Waals surface area contributed by atoms with Crippen LogP contribution < -0.4 is 11.2 Å². The lowest BCUT2D eigenvalue weighted by atomic mass is 9.98. The molecule has 2 unspecified atom stereocenters. The highest BCUT2D eigenvalue weighted by Gasteiger charge is 2.44. The van der Waals surface area contributed by atoms with Gasteiger partial charge in [0.1, 0.15) is 18.8 Å². The number of aromatic nitrogens is 2. The number of carbonyl (C=O) groups is 2. The van der Waals surface area contributed by atoms with Gasteiger partial charge in [-0.15, -0.1) is 13.2 Å². The largest absolute Gasteiger partial charge is 0.509 e. The van der Waals surface area contributed by atoms with Gasteiger partial charge in [0.05, 0.1) is 11.7 Å². The van der Waals surface area contributed by atoms with Crippen LogP contribution in [0.15, 0.2) is 64.3 Å². The fourth-order valence-corrected chi connectivity index (χ4v) is 6.59. The van der Waals surface area contributed by atoms with Crippen molar-refractivity contribution in [1.29, 1.82) is 0 Å². The number of H-pyrrole nitrogens is 1. The van der Waals surface area contributed by atoms with E-state index < -0.39 is 60.7 Å². The first-order valence-electron chi connectivity index (χ1n) is 13.9. The second kappa shape index (κ2) is 12.1. The number of nitrogens with one attached hydrogen (secondary N) is 1. The Labute approximate surface area is 248 Å². The average Bonchev–Trinajstić information content (AvgIpc) is 3.43. The molecule has 12 heteroatoms. The molecular weight excluding hydrogens is 575 g/mol. The van der Waals surface area contributed by atoms with Crippen LogP contribution in [0.2, 0.25) is 0 Å². The van der Waals surface area contributed by atoms with E-state index in [4.69, 9.17) is 14.2 Å². The van der Waals surface area contributed by atoms with Gasteiger partial charge in [0.15, 0.2) is 18.1 Å². The Hall–Kier alpha value is -3.76. The number of carbonyl (C=O) groups excluding carboxylic acids is 2. The number of hydrogen-bond donors (Lipinski definition) is 3. The first kappa shape index (κ1) is 30.7. The third-order valence-corrected chi connectivity index (χ3v) is 9.29. The number of rotatable bonds is 9. The van der Waals surface area contributed by atoms with Crippen LogP contribution in [-0.2, 0) is 19.0 Å². The molecule has 1 aliphatic carbocycles. The minimum Gasteiger partial charge on any atom is -0.433 e. The van der Waals surface area contributed by atoms with Crippen molar-refractivity contribution in [2.45, 2.75) is 49.9 Å². The topological polar surface area (TPSA) is 157 Å². The molecule has 0 bridgehead atoms. The number of fused-ring (bicyclic) bond motifs is 3. The van der Waals surface area contributed by atoms with Gasteiger partial charge in [-0.05, 0) is 55.1 Å². The highest BCUT2D eigenvalue weighted by molar-refractivity contribution is 7.72. The van der Waals surface area contributed by atoms with Crippen molar-refractivity contribution in [2.75, 3.05) is 26.1 Å². The molecule has 0 saturated carbocycles. The SMILES string of the molecule is C=P(C)(C)CCC1O[C@@H](n2cc(C(OC(=O)OCC3c4ccccc4-c4ccccc43)C(C)=O)c(=O)[nH]c2=O)[C@H](O)[C@@H]1O. The van der Waals surface area contributed by atoms with Gasteiger partial charge in [0.25, 0.3) is 5.56 Å². The van der Waals surface area contributed by atoms with Gasteiger partial charge in [-0.1, -0.05) is 48.5 Å². The molecule has 0 spiro atoms. The highest BCUT2D eigenvalue weighted by atomic mass is 31.2. The van der Waals surface area contributed by atoms with Gasteiger partial charge in [-0.3, -0.25) is 19.1 Å². The lowest BCUT2D eigenvalue weighted by Crippen LogP contribution is -2.40. The van der Waals surface area contributed by atoms with Gasteiger partial charge >= 0.3 is 11.8 Å². The zero-order valence-corrected chi connectivity index (χ0v) is 25.0. The molecule has 2 heterocycles. The molecular formula is C31H35N2O9P. The second-order valence-electron chi connectivity index (χ2n) is 11.6. The van der Waals surface area contributed by atoms with Crippen LogP contribution in [0.1, 0.15) is 48.3 Å². The summed E-state index contributed by atoms with van der Waals surface area (Å²) in [5.41, 5.74) is 1.80. The Morgan fingerprint density at radius 3 is 2.23 bits per heavy atom. The van der Waals surface area contributed by atoms with E-state index in [1.54, 1.807) is 0 Å². The van der Waals surface area contributed by atoms with Crippen LogP contribution in [0.4, 0.5) is 4.79 Å². The Balaban J connectivity index is 1.34. The predicted octanol–water partition coefficient (Wildman–Crippen LogP) is 2.85. The third kappa shape index (κ3) is 6.31. The van der Waals surface area contributed by atoms with Gasteiger partial charge in [0.2, 0.25) is 0 Å². The number of Topliss-reactive ketones (excluding diaryl/α,β-unsaturated/α-hetero) is 1. The fourth-order valence-electron chi connectivity index (χ4n) is 5.64. The van der Waals surface area contributed by atoms with E-state index in [0.717, 1.165) is 39.9 Å². The molecule has 1 fully saturated rings. The molecule has 1 aromatic heterocycles. The summed E-state index contributed by atoms with van der Waals surface area (Å²) >= 11 is 0. The maximum absolute atomic E-state index is 12.8. The third-order valence-electron chi connectivity index (χ3n) is 7.82. The van der Waals surface area contributed by atoms with E-state index >= 15 is 0 Å². The lowest BCUT2D eigenvalue weighted by molar-refractivity contribution is -0.127. The summed E-state index contributed by atoms with van der Waals surface area (Å²) < 4.78 is 17.5. The van der Waals surface area contributed by atoms with Crippen LogP contribution in [0.5, 0.6) is 0 Å². The number of ketones is 1. The Kier molecular flexibility index (Phi) is 8.63. The van der Waals surface area contributed by atoms with Crippen molar-refractivity contribution < 1.29 is 34.0 Å². The molecule has 0 amide bonds. The zero-order chi connectivity index (χ0) is 31.1. The van der Waals surface area contributed by atoms with Crippen molar-refractivity contribution in [3.63, 3.8) is 0 Å².